The highest BCUT2D eigenvalue weighted by molar-refractivity contribution is 7.93. The van der Waals surface area contributed by atoms with Gasteiger partial charge in [0.2, 0.25) is 0 Å². The summed E-state index contributed by atoms with van der Waals surface area (Å²) in [6.07, 6.45) is 5.59. The highest BCUT2D eigenvalue weighted by Gasteiger charge is 2.25. The van der Waals surface area contributed by atoms with Crippen molar-refractivity contribution in [2.24, 2.45) is 0 Å². The largest absolute Gasteiger partial charge is 0.275 e. The third-order valence-corrected chi connectivity index (χ3v) is 5.83. The molecule has 0 amide bonds. The normalized spacial score (nSPS) is 10.5. The van der Waals surface area contributed by atoms with E-state index in [-0.39, 0.29) is 4.90 Å². The Hall–Kier alpha value is -3.47. The van der Waals surface area contributed by atoms with Crippen LogP contribution >= 0.6 is 0 Å². The Morgan fingerprint density at radius 2 is 1.39 bits per heavy atom. The van der Waals surface area contributed by atoms with Crippen molar-refractivity contribution in [3.8, 4) is 24.3 Å². The summed E-state index contributed by atoms with van der Waals surface area (Å²) >= 11 is 0. The van der Waals surface area contributed by atoms with Crippen LogP contribution in [0.4, 0.5) is 5.69 Å². The van der Waals surface area contributed by atoms with Crippen molar-refractivity contribution in [3.05, 3.63) is 95.1 Å². The molecule has 0 aliphatic rings. The summed E-state index contributed by atoms with van der Waals surface area (Å²) in [5, 5.41) is 0. The van der Waals surface area contributed by atoms with E-state index in [0.29, 0.717) is 16.8 Å². The molecule has 0 heterocycles. The SMILES string of the molecule is C#Cc1ccccc1N(C#Cc1ccc(C)cc1)S(=O)(=O)c1ccc(C)cc1. The zero-order valence-electron chi connectivity index (χ0n) is 15.7. The van der Waals surface area contributed by atoms with E-state index in [1.807, 2.05) is 38.1 Å². The smallest absolute Gasteiger partial charge is 0.200 e. The van der Waals surface area contributed by atoms with Crippen molar-refractivity contribution in [1.82, 2.24) is 0 Å². The van der Waals surface area contributed by atoms with Gasteiger partial charge in [0.1, 0.15) is 0 Å². The Labute approximate surface area is 166 Å². The Kier molecular flexibility index (Phi) is 5.54. The molecular weight excluding hydrogens is 366 g/mol. The molecule has 28 heavy (non-hydrogen) atoms. The molecule has 0 aliphatic carbocycles. The molecule has 0 atom stereocenters. The van der Waals surface area contributed by atoms with Gasteiger partial charge in [0.05, 0.1) is 10.6 Å². The van der Waals surface area contributed by atoms with Crippen molar-refractivity contribution >= 4 is 15.7 Å². The van der Waals surface area contributed by atoms with Gasteiger partial charge in [-0.2, -0.15) is 4.31 Å². The lowest BCUT2D eigenvalue weighted by molar-refractivity contribution is 0.596. The van der Waals surface area contributed by atoms with Gasteiger partial charge in [-0.3, -0.25) is 0 Å². The number of aryl methyl sites for hydroxylation is 2. The minimum atomic E-state index is -3.92. The van der Waals surface area contributed by atoms with Crippen LogP contribution in [-0.4, -0.2) is 8.42 Å². The highest BCUT2D eigenvalue weighted by Crippen LogP contribution is 2.26. The minimum absolute atomic E-state index is 0.156. The van der Waals surface area contributed by atoms with Gasteiger partial charge in [-0.15, -0.1) is 6.42 Å². The summed E-state index contributed by atoms with van der Waals surface area (Å²) in [7, 11) is -3.92. The number of sulfonamides is 1. The van der Waals surface area contributed by atoms with Crippen molar-refractivity contribution in [3.63, 3.8) is 0 Å². The topological polar surface area (TPSA) is 37.4 Å². The summed E-state index contributed by atoms with van der Waals surface area (Å²) in [4.78, 5) is 0.156. The molecule has 0 N–H and O–H groups in total. The fourth-order valence-corrected chi connectivity index (χ4v) is 3.87. The molecule has 3 rings (SSSR count). The third kappa shape index (κ3) is 4.09. The van der Waals surface area contributed by atoms with Gasteiger partial charge in [0.15, 0.2) is 0 Å². The Morgan fingerprint density at radius 1 is 0.821 bits per heavy atom. The number of nitrogens with zero attached hydrogens (tertiary/aromatic N) is 1. The van der Waals surface area contributed by atoms with E-state index in [4.69, 9.17) is 6.42 Å². The summed E-state index contributed by atoms with van der Waals surface area (Å²) in [5.74, 6) is 5.48. The lowest BCUT2D eigenvalue weighted by Crippen LogP contribution is -2.27. The Balaban J connectivity index is 2.16. The molecule has 0 spiro atoms. The van der Waals surface area contributed by atoms with Crippen LogP contribution in [0.3, 0.4) is 0 Å². The van der Waals surface area contributed by atoms with E-state index in [0.717, 1.165) is 15.4 Å². The summed E-state index contributed by atoms with van der Waals surface area (Å²) in [6.45, 7) is 3.88. The van der Waals surface area contributed by atoms with E-state index >= 15 is 0 Å². The van der Waals surface area contributed by atoms with Crippen LogP contribution in [0.25, 0.3) is 0 Å². The number of benzene rings is 3. The molecule has 0 fully saturated rings. The number of anilines is 1. The average molecular weight is 385 g/mol. The number of terminal acetylenes is 1. The molecule has 3 nitrogen and oxygen atoms in total. The molecule has 0 saturated carbocycles. The van der Waals surface area contributed by atoms with E-state index in [1.165, 1.54) is 0 Å². The molecule has 3 aromatic rings. The molecule has 0 unspecified atom stereocenters. The first-order valence-corrected chi connectivity index (χ1v) is 10.1. The van der Waals surface area contributed by atoms with Crippen LogP contribution in [0.2, 0.25) is 0 Å². The molecule has 0 bridgehead atoms. The fourth-order valence-electron chi connectivity index (χ4n) is 2.59. The molecule has 138 valence electrons. The van der Waals surface area contributed by atoms with Crippen LogP contribution in [0.5, 0.6) is 0 Å². The molecule has 0 saturated heterocycles. The summed E-state index contributed by atoms with van der Waals surface area (Å²) in [6, 6.07) is 23.9. The lowest BCUT2D eigenvalue weighted by atomic mass is 10.1. The second-order valence-electron chi connectivity index (χ2n) is 6.35. The van der Waals surface area contributed by atoms with Crippen molar-refractivity contribution < 1.29 is 8.42 Å². The van der Waals surface area contributed by atoms with E-state index < -0.39 is 10.0 Å². The van der Waals surface area contributed by atoms with Crippen molar-refractivity contribution in [2.45, 2.75) is 18.7 Å². The van der Waals surface area contributed by atoms with Crippen LogP contribution in [-0.2, 0) is 10.0 Å². The predicted octanol–water partition coefficient (Wildman–Crippen LogP) is 4.49. The third-order valence-electron chi connectivity index (χ3n) is 4.19. The molecular formula is C24H19NO2S. The van der Waals surface area contributed by atoms with Crippen LogP contribution in [0.1, 0.15) is 22.3 Å². The quantitative estimate of drug-likeness (QED) is 0.492. The zero-order valence-corrected chi connectivity index (χ0v) is 16.5. The molecule has 0 aliphatic heterocycles. The van der Waals surface area contributed by atoms with E-state index in [9.17, 15) is 8.42 Å². The van der Waals surface area contributed by atoms with Gasteiger partial charge in [0, 0.05) is 17.2 Å². The number of rotatable bonds is 3. The first-order valence-electron chi connectivity index (χ1n) is 8.68. The maximum absolute atomic E-state index is 13.3. The van der Waals surface area contributed by atoms with Crippen molar-refractivity contribution in [2.75, 3.05) is 4.31 Å². The van der Waals surface area contributed by atoms with Crippen molar-refractivity contribution in [1.29, 1.82) is 0 Å². The standard InChI is InChI=1S/C24H19NO2S/c1-4-22-7-5-6-8-24(22)25(18-17-21-13-9-19(2)10-14-21)28(26,27)23-15-11-20(3)12-16-23/h1,5-16H,2-3H3. The van der Waals surface area contributed by atoms with Crippen LogP contribution in [0.15, 0.2) is 77.7 Å². The monoisotopic (exact) mass is 385 g/mol. The second-order valence-corrected chi connectivity index (χ2v) is 8.13. The van der Waals surface area contributed by atoms with E-state index in [1.54, 1.807) is 48.5 Å². The van der Waals surface area contributed by atoms with Gasteiger partial charge in [-0.1, -0.05) is 53.4 Å². The Morgan fingerprint density at radius 3 is 2.00 bits per heavy atom. The molecule has 4 heteroatoms. The first-order chi connectivity index (χ1) is 13.4. The lowest BCUT2D eigenvalue weighted by Gasteiger charge is -2.19. The molecule has 0 radical (unpaired) electrons. The summed E-state index contributed by atoms with van der Waals surface area (Å²) in [5.41, 5.74) is 3.60. The molecule has 3 aromatic carbocycles. The van der Waals surface area contributed by atoms with Gasteiger partial charge < -0.3 is 0 Å². The second kappa shape index (κ2) is 8.05. The fraction of sp³-hybridized carbons (Fsp3) is 0.0833. The summed E-state index contributed by atoms with van der Waals surface area (Å²) < 4.78 is 27.7. The van der Waals surface area contributed by atoms with Crippen LogP contribution in [0, 0.1) is 38.2 Å². The first kappa shape index (κ1) is 19.3. The number of hydrogen-bond acceptors (Lipinski definition) is 2. The number of para-hydroxylation sites is 1. The van der Waals surface area contributed by atoms with Gasteiger partial charge in [0.25, 0.3) is 10.0 Å². The zero-order chi connectivity index (χ0) is 20.1. The van der Waals surface area contributed by atoms with Crippen LogP contribution < -0.4 is 4.31 Å². The van der Waals surface area contributed by atoms with Gasteiger partial charge in [-0.05, 0) is 56.2 Å². The maximum atomic E-state index is 13.3. The minimum Gasteiger partial charge on any atom is -0.200 e. The number of hydrogen-bond donors (Lipinski definition) is 0. The Bertz CT molecular complexity index is 1190. The van der Waals surface area contributed by atoms with E-state index in [2.05, 4.69) is 17.9 Å². The van der Waals surface area contributed by atoms with Gasteiger partial charge in [-0.25, -0.2) is 8.42 Å². The predicted molar refractivity (Wildman–Crippen MR) is 113 cm³/mol. The maximum Gasteiger partial charge on any atom is 0.275 e. The van der Waals surface area contributed by atoms with Gasteiger partial charge >= 0.3 is 0 Å². The highest BCUT2D eigenvalue weighted by atomic mass is 32.2. The average Bonchev–Trinajstić information content (AvgIpc) is 2.70. The molecule has 0 aromatic heterocycles.